The largest absolute Gasteiger partial charge is 0.457 e. The molecule has 2 aliphatic rings. The molecule has 6 aromatic carbocycles. The van der Waals surface area contributed by atoms with Gasteiger partial charge in [-0.1, -0.05) is 129 Å². The summed E-state index contributed by atoms with van der Waals surface area (Å²) >= 11 is 0. The minimum Gasteiger partial charge on any atom is -0.457 e. The molecule has 1 heteroatoms. The first-order valence-corrected chi connectivity index (χ1v) is 14.8. The van der Waals surface area contributed by atoms with Crippen LogP contribution in [0.4, 0.5) is 0 Å². The van der Waals surface area contributed by atoms with Crippen molar-refractivity contribution in [3.63, 3.8) is 0 Å². The molecule has 0 N–H and O–H groups in total. The van der Waals surface area contributed by atoms with Crippen LogP contribution in [0.2, 0.25) is 0 Å². The van der Waals surface area contributed by atoms with E-state index in [-0.39, 0.29) is 10.8 Å². The van der Waals surface area contributed by atoms with Crippen LogP contribution in [0.1, 0.15) is 48.6 Å². The summed E-state index contributed by atoms with van der Waals surface area (Å²) < 4.78 is 6.34. The Morgan fingerprint density at radius 3 is 1.90 bits per heavy atom. The van der Waals surface area contributed by atoms with E-state index >= 15 is 0 Å². The molecule has 0 saturated heterocycles. The van der Waals surface area contributed by atoms with E-state index in [0.29, 0.717) is 0 Å². The SMILES string of the molecule is CC1(C)c2ccccc2Oc2ccc(-c3cccc(-c4cccc5c4-c4ccccc4C5(C)c4ccccc4)c3)cc21. The van der Waals surface area contributed by atoms with Crippen LogP contribution in [-0.4, -0.2) is 0 Å². The minimum atomic E-state index is -0.207. The summed E-state index contributed by atoms with van der Waals surface area (Å²) in [6.45, 7) is 6.96. The molecule has 1 nitrogen and oxygen atoms in total. The number of benzene rings is 6. The van der Waals surface area contributed by atoms with Crippen molar-refractivity contribution in [2.24, 2.45) is 0 Å². The number of para-hydroxylation sites is 1. The van der Waals surface area contributed by atoms with Gasteiger partial charge in [-0.15, -0.1) is 0 Å². The van der Waals surface area contributed by atoms with E-state index in [4.69, 9.17) is 4.74 Å². The fraction of sp³-hybridized carbons (Fsp3) is 0.122. The molecular weight excluding hydrogens is 508 g/mol. The summed E-state index contributed by atoms with van der Waals surface area (Å²) in [5, 5.41) is 0. The van der Waals surface area contributed by atoms with Gasteiger partial charge in [-0.25, -0.2) is 0 Å². The average Bonchev–Trinajstić information content (AvgIpc) is 3.31. The zero-order valence-corrected chi connectivity index (χ0v) is 24.2. The molecule has 1 aliphatic heterocycles. The third-order valence-corrected chi connectivity index (χ3v) is 9.63. The van der Waals surface area contributed by atoms with E-state index in [2.05, 4.69) is 154 Å². The second kappa shape index (κ2) is 9.06. The standard InChI is InChI=1S/C41H32O/c1-40(2)34-20-9-10-22-37(34)42-38-24-23-28(26-36(38)40)27-13-11-14-29(25-27)31-18-12-21-35-39(31)32-17-7-8-19-33(32)41(35,3)30-15-5-4-6-16-30/h4-26H,1-3H3. The molecule has 0 spiro atoms. The highest BCUT2D eigenvalue weighted by atomic mass is 16.5. The van der Waals surface area contributed by atoms with Gasteiger partial charge in [0.2, 0.25) is 0 Å². The Morgan fingerprint density at radius 2 is 1.05 bits per heavy atom. The van der Waals surface area contributed by atoms with Gasteiger partial charge in [0, 0.05) is 22.0 Å². The number of hydrogen-bond donors (Lipinski definition) is 0. The lowest BCUT2D eigenvalue weighted by Gasteiger charge is -2.34. The van der Waals surface area contributed by atoms with Crippen LogP contribution in [0.25, 0.3) is 33.4 Å². The highest BCUT2D eigenvalue weighted by Crippen LogP contribution is 2.55. The van der Waals surface area contributed by atoms with E-state index < -0.39 is 0 Å². The van der Waals surface area contributed by atoms with Gasteiger partial charge in [0.25, 0.3) is 0 Å². The molecule has 42 heavy (non-hydrogen) atoms. The molecule has 202 valence electrons. The van der Waals surface area contributed by atoms with Crippen molar-refractivity contribution in [3.05, 3.63) is 167 Å². The molecule has 1 atom stereocenters. The van der Waals surface area contributed by atoms with E-state index in [0.717, 1.165) is 11.5 Å². The molecule has 0 radical (unpaired) electrons. The first kappa shape index (κ1) is 24.9. The van der Waals surface area contributed by atoms with Gasteiger partial charge in [-0.05, 0) is 81.3 Å². The maximum absolute atomic E-state index is 6.34. The number of rotatable bonds is 3. The topological polar surface area (TPSA) is 9.23 Å². The summed E-state index contributed by atoms with van der Waals surface area (Å²) in [5.74, 6) is 1.89. The van der Waals surface area contributed by atoms with Gasteiger partial charge in [0.05, 0.1) is 0 Å². The van der Waals surface area contributed by atoms with Crippen molar-refractivity contribution in [1.82, 2.24) is 0 Å². The van der Waals surface area contributed by atoms with Crippen molar-refractivity contribution in [2.75, 3.05) is 0 Å². The van der Waals surface area contributed by atoms with Crippen LogP contribution in [0, 0.1) is 0 Å². The Balaban J connectivity index is 1.26. The molecule has 1 aliphatic carbocycles. The van der Waals surface area contributed by atoms with Crippen LogP contribution in [0.15, 0.2) is 140 Å². The summed E-state index contributed by atoms with van der Waals surface area (Å²) in [6.07, 6.45) is 0. The molecular formula is C41H32O. The van der Waals surface area contributed by atoms with E-state index in [9.17, 15) is 0 Å². The molecule has 0 saturated carbocycles. The third-order valence-electron chi connectivity index (χ3n) is 9.63. The number of hydrogen-bond acceptors (Lipinski definition) is 1. The smallest absolute Gasteiger partial charge is 0.131 e. The summed E-state index contributed by atoms with van der Waals surface area (Å²) in [6, 6.07) is 50.7. The lowest BCUT2D eigenvalue weighted by molar-refractivity contribution is 0.418. The fourth-order valence-electron chi connectivity index (χ4n) is 7.35. The summed E-state index contributed by atoms with van der Waals surface area (Å²) in [5.41, 5.74) is 13.7. The second-order valence-corrected chi connectivity index (χ2v) is 12.3. The Kier molecular flexibility index (Phi) is 5.37. The maximum atomic E-state index is 6.34. The van der Waals surface area contributed by atoms with Gasteiger partial charge in [-0.3, -0.25) is 0 Å². The van der Waals surface area contributed by atoms with E-state index in [1.165, 1.54) is 61.2 Å². The quantitative estimate of drug-likeness (QED) is 0.217. The van der Waals surface area contributed by atoms with Crippen molar-refractivity contribution < 1.29 is 4.74 Å². The fourth-order valence-corrected chi connectivity index (χ4v) is 7.35. The van der Waals surface area contributed by atoms with Crippen molar-refractivity contribution in [3.8, 4) is 44.9 Å². The Morgan fingerprint density at radius 1 is 0.429 bits per heavy atom. The lowest BCUT2D eigenvalue weighted by atomic mass is 9.74. The van der Waals surface area contributed by atoms with Crippen LogP contribution in [0.5, 0.6) is 11.5 Å². The molecule has 1 heterocycles. The van der Waals surface area contributed by atoms with Crippen LogP contribution in [-0.2, 0) is 10.8 Å². The van der Waals surface area contributed by atoms with Gasteiger partial charge < -0.3 is 4.74 Å². The van der Waals surface area contributed by atoms with Gasteiger partial charge in [0.1, 0.15) is 11.5 Å². The number of fused-ring (bicyclic) bond motifs is 5. The van der Waals surface area contributed by atoms with Gasteiger partial charge in [-0.2, -0.15) is 0 Å². The van der Waals surface area contributed by atoms with Crippen LogP contribution < -0.4 is 4.74 Å². The van der Waals surface area contributed by atoms with Crippen LogP contribution >= 0.6 is 0 Å². The first-order valence-electron chi connectivity index (χ1n) is 14.8. The highest BCUT2D eigenvalue weighted by Gasteiger charge is 2.41. The molecule has 8 rings (SSSR count). The normalized spacial score (nSPS) is 17.4. The molecule has 0 bridgehead atoms. The first-order chi connectivity index (χ1) is 20.5. The predicted molar refractivity (Wildman–Crippen MR) is 173 cm³/mol. The van der Waals surface area contributed by atoms with Crippen molar-refractivity contribution >= 4 is 0 Å². The Hall–Kier alpha value is -4.88. The van der Waals surface area contributed by atoms with Crippen molar-refractivity contribution in [1.29, 1.82) is 0 Å². The molecule has 1 unspecified atom stereocenters. The summed E-state index contributed by atoms with van der Waals surface area (Å²) in [7, 11) is 0. The van der Waals surface area contributed by atoms with Crippen molar-refractivity contribution in [2.45, 2.75) is 31.6 Å². The van der Waals surface area contributed by atoms with Gasteiger partial charge in [0.15, 0.2) is 0 Å². The molecule has 0 fully saturated rings. The summed E-state index contributed by atoms with van der Waals surface area (Å²) in [4.78, 5) is 0. The predicted octanol–water partition coefficient (Wildman–Crippen LogP) is 10.8. The van der Waals surface area contributed by atoms with Gasteiger partial charge >= 0.3 is 0 Å². The Bertz CT molecular complexity index is 2000. The second-order valence-electron chi connectivity index (χ2n) is 12.3. The molecule has 0 amide bonds. The minimum absolute atomic E-state index is 0.149. The molecule has 0 aromatic heterocycles. The van der Waals surface area contributed by atoms with Crippen LogP contribution in [0.3, 0.4) is 0 Å². The highest BCUT2D eigenvalue weighted by molar-refractivity contribution is 5.94. The Labute approximate surface area is 248 Å². The average molecular weight is 541 g/mol. The lowest BCUT2D eigenvalue weighted by Crippen LogP contribution is -2.24. The van der Waals surface area contributed by atoms with E-state index in [1.807, 2.05) is 6.07 Å². The maximum Gasteiger partial charge on any atom is 0.131 e. The van der Waals surface area contributed by atoms with E-state index in [1.54, 1.807) is 0 Å². The number of ether oxygens (including phenoxy) is 1. The third kappa shape index (κ3) is 3.50. The zero-order chi connectivity index (χ0) is 28.5. The zero-order valence-electron chi connectivity index (χ0n) is 24.2. The monoisotopic (exact) mass is 540 g/mol. The molecule has 6 aromatic rings.